The first-order chi connectivity index (χ1) is 30.5. The van der Waals surface area contributed by atoms with E-state index in [1.807, 2.05) is 0 Å². The van der Waals surface area contributed by atoms with Crippen LogP contribution in [0.15, 0.2) is 0 Å². The number of rotatable bonds is 15. The summed E-state index contributed by atoms with van der Waals surface area (Å²) in [7, 11) is -4.62. The molecule has 5 aliphatic rings. The maximum absolute atomic E-state index is 13.3. The van der Waals surface area contributed by atoms with Crippen LogP contribution in [0.5, 0.6) is 0 Å². The van der Waals surface area contributed by atoms with Gasteiger partial charge in [-0.05, 0) is 40.0 Å². The molecule has 66 heavy (non-hydrogen) atoms. The molecular weight excluding hydrogens is 915 g/mol. The van der Waals surface area contributed by atoms with Crippen LogP contribution in [-0.2, 0) is 56.5 Å². The van der Waals surface area contributed by atoms with Gasteiger partial charge in [-0.15, -0.1) is 0 Å². The summed E-state index contributed by atoms with van der Waals surface area (Å²) in [6, 6.07) is 0. The number of aliphatic hydroxyl groups is 13. The predicted octanol–water partition coefficient (Wildman–Crippen LogP) is -5.79. The Morgan fingerprint density at radius 1 is 0.439 bits per heavy atom. The van der Waals surface area contributed by atoms with Gasteiger partial charge in [0, 0.05) is 0 Å². The van der Waals surface area contributed by atoms with Gasteiger partial charge >= 0.3 is 7.60 Å². The second-order valence-corrected chi connectivity index (χ2v) is 21.4. The summed E-state index contributed by atoms with van der Waals surface area (Å²) in [5.74, 6) is 0. The maximum Gasteiger partial charge on any atom is 0.331 e. The average Bonchev–Trinajstić information content (AvgIpc) is 3.22. The molecule has 0 aromatic rings. The van der Waals surface area contributed by atoms with Crippen LogP contribution in [0, 0.1) is 5.41 Å². The van der Waals surface area contributed by atoms with Crippen molar-refractivity contribution in [2.75, 3.05) is 26.0 Å². The normalized spacial score (nSPS) is 48.5. The van der Waals surface area contributed by atoms with E-state index in [0.29, 0.717) is 0 Å². The fourth-order valence-electron chi connectivity index (χ4n) is 8.32. The summed E-state index contributed by atoms with van der Waals surface area (Å²) in [5.41, 5.74) is -1.56. The molecule has 14 N–H and O–H groups in total. The topological polar surface area (TPSA) is 402 Å². The predicted molar refractivity (Wildman–Crippen MR) is 215 cm³/mol. The number of ether oxygens (including phenoxy) is 10. The van der Waals surface area contributed by atoms with Gasteiger partial charge in [-0.2, -0.15) is 0 Å². The maximum atomic E-state index is 13.3. The molecule has 388 valence electrons. The Labute approximate surface area is 380 Å². The van der Waals surface area contributed by atoms with E-state index in [0.717, 1.165) is 0 Å². The molecule has 5 rings (SSSR count). The minimum absolute atomic E-state index is 0.445. The summed E-state index contributed by atoms with van der Waals surface area (Å²) in [6.45, 7) is 10.0. The van der Waals surface area contributed by atoms with Gasteiger partial charge in [-0.25, -0.2) is 0 Å². The van der Waals surface area contributed by atoms with Crippen molar-refractivity contribution in [2.24, 2.45) is 5.41 Å². The summed E-state index contributed by atoms with van der Waals surface area (Å²) in [6.07, 6.45) is -45.1. The van der Waals surface area contributed by atoms with E-state index in [1.165, 1.54) is 13.8 Å². The molecule has 5 heterocycles. The van der Waals surface area contributed by atoms with Crippen LogP contribution in [0.2, 0.25) is 0 Å². The Kier molecular flexibility index (Phi) is 19.0. The fraction of sp³-hybridized carbons (Fsp3) is 1.00. The lowest BCUT2D eigenvalue weighted by Gasteiger charge is -2.51. The molecule has 5 aliphatic heterocycles. The lowest BCUT2D eigenvalue weighted by atomic mass is 9.95. The Hall–Kier alpha value is -0.770. The third kappa shape index (κ3) is 13.0. The van der Waals surface area contributed by atoms with Gasteiger partial charge < -0.3 is 119 Å². The van der Waals surface area contributed by atoms with Gasteiger partial charge in [0.2, 0.25) is 0 Å². The Bertz CT molecular complexity index is 1570. The summed E-state index contributed by atoms with van der Waals surface area (Å²) < 4.78 is 76.9. The molecule has 11 unspecified atom stereocenters. The Morgan fingerprint density at radius 3 is 1.41 bits per heavy atom. The molecule has 5 fully saturated rings. The van der Waals surface area contributed by atoms with Crippen LogP contribution in [0.3, 0.4) is 0 Å². The van der Waals surface area contributed by atoms with Gasteiger partial charge in [0.15, 0.2) is 31.5 Å². The smallest absolute Gasteiger partial charge is 0.331 e. The highest BCUT2D eigenvalue weighted by molar-refractivity contribution is 7.52. The summed E-state index contributed by atoms with van der Waals surface area (Å²) in [4.78, 5) is 10.8. The third-order valence-electron chi connectivity index (χ3n) is 11.6. The monoisotopic (exact) mass is 986 g/mol. The van der Waals surface area contributed by atoms with Crippen molar-refractivity contribution >= 4 is 7.60 Å². The molecule has 0 radical (unpaired) electrons. The molecule has 0 aromatic heterocycles. The van der Waals surface area contributed by atoms with E-state index >= 15 is 0 Å². The largest absolute Gasteiger partial charge is 0.394 e. The lowest BCUT2D eigenvalue weighted by molar-refractivity contribution is -0.404. The van der Waals surface area contributed by atoms with Crippen molar-refractivity contribution in [1.82, 2.24) is 0 Å². The van der Waals surface area contributed by atoms with Crippen LogP contribution >= 0.6 is 7.60 Å². The molecule has 0 bridgehead atoms. The first kappa shape index (κ1) is 56.1. The van der Waals surface area contributed by atoms with Crippen LogP contribution in [-0.4, -0.2) is 256 Å². The van der Waals surface area contributed by atoms with E-state index in [-0.39, 0.29) is 0 Å². The average molecular weight is 987 g/mol. The van der Waals surface area contributed by atoms with Crippen LogP contribution in [0.4, 0.5) is 0 Å². The molecule has 0 saturated carbocycles. The highest BCUT2D eigenvalue weighted by atomic mass is 31.2. The van der Waals surface area contributed by atoms with Gasteiger partial charge in [0.05, 0.1) is 43.8 Å². The van der Waals surface area contributed by atoms with E-state index < -0.39 is 198 Å². The highest BCUT2D eigenvalue weighted by Gasteiger charge is 2.58. The number of hydrogen-bond acceptors (Lipinski definition) is 25. The Morgan fingerprint density at radius 2 is 0.864 bits per heavy atom. The second-order valence-electron chi connectivity index (χ2n) is 19.6. The zero-order valence-electron chi connectivity index (χ0n) is 37.9. The molecular formula is C39H71O26P. The first-order valence-electron chi connectivity index (χ1n) is 21.7. The van der Waals surface area contributed by atoms with E-state index in [1.54, 1.807) is 41.5 Å². The van der Waals surface area contributed by atoms with Gasteiger partial charge in [-0.3, -0.25) is 9.09 Å². The molecule has 26 atom stereocenters. The van der Waals surface area contributed by atoms with E-state index in [9.17, 15) is 75.8 Å². The van der Waals surface area contributed by atoms with E-state index in [2.05, 4.69) is 0 Å². The third-order valence-corrected chi connectivity index (χ3v) is 13.5. The van der Waals surface area contributed by atoms with Crippen molar-refractivity contribution in [3.8, 4) is 0 Å². The first-order valence-corrected chi connectivity index (χ1v) is 23.5. The molecule has 0 aliphatic carbocycles. The van der Waals surface area contributed by atoms with Crippen LogP contribution < -0.4 is 0 Å². The van der Waals surface area contributed by atoms with Gasteiger partial charge in [-0.1, -0.05) is 20.8 Å². The minimum Gasteiger partial charge on any atom is -0.394 e. The molecule has 5 saturated heterocycles. The quantitative estimate of drug-likeness (QED) is 0.0680. The summed E-state index contributed by atoms with van der Waals surface area (Å²) in [5, 5.41) is 142. The Balaban J connectivity index is 1.46. The molecule has 0 spiro atoms. The van der Waals surface area contributed by atoms with Crippen LogP contribution in [0.25, 0.3) is 0 Å². The minimum atomic E-state index is -4.62. The summed E-state index contributed by atoms with van der Waals surface area (Å²) >= 11 is 0. The van der Waals surface area contributed by atoms with Crippen molar-refractivity contribution in [3.63, 3.8) is 0 Å². The van der Waals surface area contributed by atoms with Gasteiger partial charge in [0.1, 0.15) is 110 Å². The van der Waals surface area contributed by atoms with E-state index in [4.69, 9.17) is 51.9 Å². The zero-order valence-corrected chi connectivity index (χ0v) is 38.8. The molecule has 0 amide bonds. The standard InChI is InChI=1S/C39H71O26P/c1-13-18(43)21(46)24(49)33(55-13)62-31-27(52)36(63-32-22(47)19(44)15(9-40)58-37(32)65-66(53,54)12-38(3,4)5)59-17(11-42)29(31)60-35-26(51)30(20(45)16(10-41)57-35)61-34-25(50)23(48)28(14(2)56-34)64-39(6,7)8/h13-37,40-52H,9-12H2,1-8H3,(H,53,54)/t13?,14?,15?,16?,17?,18-,19+,20-,21?,22?,23-,24-,25?,26?,27-,28+,29+,30+,31?,32-,33-,34+,35+,36+,37-/m1/s1. The SMILES string of the molecule is CC1O[C@H](OC2[C@@H](O[C@@H]3OC(CO)[C@@H](O)[C@H](O[C@@H]4OC(C)[C@H](OC(C)(C)C)[C@H](O)C4O)C3O)C(CO)O[C@@H](O[C@@H]3C(O)[C@@H](O)C(CO)O[C@@H]3OP(=O)(O)CC(C)(C)C)[C@@H]2O)[C@H](O)C(O)[C@@H]1O. The lowest BCUT2D eigenvalue weighted by Crippen LogP contribution is -2.69. The second kappa shape index (κ2) is 22.3. The number of hydrogen-bond donors (Lipinski definition) is 14. The van der Waals surface area contributed by atoms with Crippen molar-refractivity contribution in [1.29, 1.82) is 0 Å². The molecule has 27 heteroatoms. The van der Waals surface area contributed by atoms with Crippen molar-refractivity contribution in [2.45, 2.75) is 215 Å². The van der Waals surface area contributed by atoms with Crippen molar-refractivity contribution in [3.05, 3.63) is 0 Å². The zero-order chi connectivity index (χ0) is 49.5. The highest BCUT2D eigenvalue weighted by Crippen LogP contribution is 2.50. The molecule has 26 nitrogen and oxygen atoms in total. The van der Waals surface area contributed by atoms with Crippen LogP contribution in [0.1, 0.15) is 55.4 Å². The molecule has 0 aromatic carbocycles. The fourth-order valence-corrected chi connectivity index (χ4v) is 10.1. The van der Waals surface area contributed by atoms with Gasteiger partial charge in [0.25, 0.3) is 0 Å². The number of aliphatic hydroxyl groups excluding tert-OH is 13. The van der Waals surface area contributed by atoms with Crippen molar-refractivity contribution < 1.29 is 128 Å².